The highest BCUT2D eigenvalue weighted by molar-refractivity contribution is 6.00. The van der Waals surface area contributed by atoms with E-state index in [4.69, 9.17) is 6.42 Å². The van der Waals surface area contributed by atoms with Crippen LogP contribution in [0.4, 0.5) is 0 Å². The van der Waals surface area contributed by atoms with Gasteiger partial charge in [0.25, 0.3) is 0 Å². The summed E-state index contributed by atoms with van der Waals surface area (Å²) in [6.07, 6.45) is 8.48. The van der Waals surface area contributed by atoms with Gasteiger partial charge < -0.3 is 10.2 Å². The predicted molar refractivity (Wildman–Crippen MR) is 73.1 cm³/mol. The highest BCUT2D eigenvalue weighted by Gasteiger charge is 2.55. The lowest BCUT2D eigenvalue weighted by Gasteiger charge is -2.46. The number of terminal acetylenes is 1. The summed E-state index contributed by atoms with van der Waals surface area (Å²) in [6, 6.07) is -0.478. The quantitative estimate of drug-likeness (QED) is 0.776. The van der Waals surface area contributed by atoms with Crippen molar-refractivity contribution in [2.75, 3.05) is 0 Å². The molecule has 0 aromatic carbocycles. The number of carbonyl (C=O) groups excluding carboxylic acids is 2. The van der Waals surface area contributed by atoms with Crippen LogP contribution in [0.2, 0.25) is 0 Å². The van der Waals surface area contributed by atoms with Crippen LogP contribution in [0.5, 0.6) is 0 Å². The maximum atomic E-state index is 12.8. The molecule has 2 rings (SSSR count). The maximum Gasteiger partial charge on any atom is 0.249 e. The van der Waals surface area contributed by atoms with Gasteiger partial charge in [-0.15, -0.1) is 12.3 Å². The molecule has 1 saturated carbocycles. The Morgan fingerprint density at radius 2 is 2.16 bits per heavy atom. The van der Waals surface area contributed by atoms with Crippen LogP contribution < -0.4 is 5.32 Å². The molecule has 19 heavy (non-hydrogen) atoms. The predicted octanol–water partition coefficient (Wildman–Crippen LogP) is 1.30. The molecule has 1 heterocycles. The van der Waals surface area contributed by atoms with Gasteiger partial charge in [0, 0.05) is 12.5 Å². The first-order valence-electron chi connectivity index (χ1n) is 7.04. The Balaban J connectivity index is 2.31. The van der Waals surface area contributed by atoms with Gasteiger partial charge in [0.15, 0.2) is 0 Å². The first-order valence-corrected chi connectivity index (χ1v) is 7.04. The van der Waals surface area contributed by atoms with E-state index in [0.29, 0.717) is 12.8 Å². The Bertz CT molecular complexity index is 436. The van der Waals surface area contributed by atoms with Crippen molar-refractivity contribution >= 4 is 11.8 Å². The van der Waals surface area contributed by atoms with Gasteiger partial charge in [0.1, 0.15) is 11.6 Å². The molecule has 2 amide bonds. The third-order valence-electron chi connectivity index (χ3n) is 4.37. The molecule has 1 N–H and O–H groups in total. The monoisotopic (exact) mass is 262 g/mol. The number of nitrogens with one attached hydrogen (secondary N) is 1. The Kier molecular flexibility index (Phi) is 3.58. The zero-order valence-electron chi connectivity index (χ0n) is 11.9. The number of rotatable bonds is 4. The van der Waals surface area contributed by atoms with Gasteiger partial charge in [0.2, 0.25) is 11.8 Å². The molecular weight excluding hydrogens is 240 g/mol. The zero-order chi connectivity index (χ0) is 14.2. The van der Waals surface area contributed by atoms with Crippen LogP contribution in [0, 0.1) is 18.3 Å². The maximum absolute atomic E-state index is 12.8. The summed E-state index contributed by atoms with van der Waals surface area (Å²) < 4.78 is 0. The molecule has 1 aliphatic heterocycles. The minimum absolute atomic E-state index is 0.0317. The van der Waals surface area contributed by atoms with Gasteiger partial charge in [-0.1, -0.05) is 6.92 Å². The lowest BCUT2D eigenvalue weighted by molar-refractivity contribution is -0.158. The van der Waals surface area contributed by atoms with E-state index in [1.54, 1.807) is 4.90 Å². The molecule has 0 aromatic heterocycles. The Hall–Kier alpha value is -1.50. The van der Waals surface area contributed by atoms with Gasteiger partial charge in [-0.3, -0.25) is 9.59 Å². The molecule has 3 unspecified atom stereocenters. The van der Waals surface area contributed by atoms with E-state index in [2.05, 4.69) is 11.2 Å². The summed E-state index contributed by atoms with van der Waals surface area (Å²) in [5.41, 5.74) is -0.731. The van der Waals surface area contributed by atoms with Gasteiger partial charge >= 0.3 is 0 Å². The Labute approximate surface area is 114 Å². The van der Waals surface area contributed by atoms with Crippen molar-refractivity contribution in [1.82, 2.24) is 10.2 Å². The molecule has 104 valence electrons. The minimum Gasteiger partial charge on any atom is -0.340 e. The van der Waals surface area contributed by atoms with E-state index < -0.39 is 5.54 Å². The average Bonchev–Trinajstić information content (AvgIpc) is 3.17. The van der Waals surface area contributed by atoms with Gasteiger partial charge in [-0.25, -0.2) is 0 Å². The van der Waals surface area contributed by atoms with Crippen LogP contribution in [0.3, 0.4) is 0 Å². The molecule has 4 heteroatoms. The fourth-order valence-corrected chi connectivity index (χ4v) is 3.02. The van der Waals surface area contributed by atoms with Gasteiger partial charge in [-0.2, -0.15) is 0 Å². The highest BCUT2D eigenvalue weighted by atomic mass is 16.2. The lowest BCUT2D eigenvalue weighted by atomic mass is 9.87. The normalized spacial score (nSPS) is 32.7. The van der Waals surface area contributed by atoms with Crippen LogP contribution in [-0.4, -0.2) is 34.3 Å². The van der Waals surface area contributed by atoms with Crippen LogP contribution >= 0.6 is 0 Å². The smallest absolute Gasteiger partial charge is 0.249 e. The average molecular weight is 262 g/mol. The van der Waals surface area contributed by atoms with Crippen molar-refractivity contribution in [3.05, 3.63) is 0 Å². The van der Waals surface area contributed by atoms with Crippen molar-refractivity contribution in [3.8, 4) is 12.3 Å². The van der Waals surface area contributed by atoms with Crippen molar-refractivity contribution in [1.29, 1.82) is 0 Å². The van der Waals surface area contributed by atoms with E-state index >= 15 is 0 Å². The van der Waals surface area contributed by atoms with Crippen molar-refractivity contribution in [2.45, 2.75) is 64.1 Å². The molecule has 4 nitrogen and oxygen atoms in total. The fourth-order valence-electron chi connectivity index (χ4n) is 3.02. The summed E-state index contributed by atoms with van der Waals surface area (Å²) in [4.78, 5) is 26.8. The van der Waals surface area contributed by atoms with E-state index in [1.165, 1.54) is 0 Å². The third kappa shape index (κ3) is 2.22. The molecule has 0 aromatic rings. The van der Waals surface area contributed by atoms with Crippen molar-refractivity contribution in [2.24, 2.45) is 5.92 Å². The molecule has 1 aliphatic carbocycles. The molecule has 3 atom stereocenters. The lowest BCUT2D eigenvalue weighted by Crippen LogP contribution is -2.71. The SMILES string of the molecule is C#CCC(C)N1C(=O)C(C)(C2CC2)NC(=O)C1CC. The summed E-state index contributed by atoms with van der Waals surface area (Å²) in [6.45, 7) is 5.70. The van der Waals surface area contributed by atoms with Gasteiger partial charge in [0.05, 0.1) is 0 Å². The fraction of sp³-hybridized carbons (Fsp3) is 0.733. The number of carbonyl (C=O) groups is 2. The topological polar surface area (TPSA) is 49.4 Å². The van der Waals surface area contributed by atoms with E-state index in [-0.39, 0.29) is 29.8 Å². The molecular formula is C15H22N2O2. The first-order chi connectivity index (χ1) is 8.95. The number of hydrogen-bond acceptors (Lipinski definition) is 2. The molecule has 0 bridgehead atoms. The minimum atomic E-state index is -0.731. The summed E-state index contributed by atoms with van der Waals surface area (Å²) >= 11 is 0. The number of nitrogens with zero attached hydrogens (tertiary/aromatic N) is 1. The largest absolute Gasteiger partial charge is 0.340 e. The number of piperazine rings is 1. The Morgan fingerprint density at radius 3 is 2.63 bits per heavy atom. The first kappa shape index (κ1) is 13.9. The van der Waals surface area contributed by atoms with Crippen LogP contribution in [0.15, 0.2) is 0 Å². The number of hydrogen-bond donors (Lipinski definition) is 1. The highest BCUT2D eigenvalue weighted by Crippen LogP contribution is 2.42. The second-order valence-electron chi connectivity index (χ2n) is 5.86. The van der Waals surface area contributed by atoms with E-state index in [9.17, 15) is 9.59 Å². The van der Waals surface area contributed by atoms with E-state index in [1.807, 2.05) is 20.8 Å². The van der Waals surface area contributed by atoms with Gasteiger partial charge in [-0.05, 0) is 39.0 Å². The second kappa shape index (κ2) is 4.88. The molecule has 1 saturated heterocycles. The molecule has 2 fully saturated rings. The summed E-state index contributed by atoms with van der Waals surface area (Å²) in [5.74, 6) is 2.86. The molecule has 0 spiro atoms. The number of amides is 2. The standard InChI is InChI=1S/C15H22N2O2/c1-5-7-10(3)17-12(6-2)13(18)16-15(4,14(17)19)11-8-9-11/h1,10-12H,6-9H2,2-4H3,(H,16,18). The van der Waals surface area contributed by atoms with Crippen LogP contribution in [-0.2, 0) is 9.59 Å². The Morgan fingerprint density at radius 1 is 1.53 bits per heavy atom. The van der Waals surface area contributed by atoms with Crippen molar-refractivity contribution in [3.63, 3.8) is 0 Å². The summed E-state index contributed by atoms with van der Waals surface area (Å²) in [5, 5.41) is 2.95. The third-order valence-corrected chi connectivity index (χ3v) is 4.37. The van der Waals surface area contributed by atoms with Crippen molar-refractivity contribution < 1.29 is 9.59 Å². The van der Waals surface area contributed by atoms with Crippen LogP contribution in [0.25, 0.3) is 0 Å². The molecule has 2 aliphatic rings. The molecule has 0 radical (unpaired) electrons. The van der Waals surface area contributed by atoms with Crippen LogP contribution in [0.1, 0.15) is 46.5 Å². The van der Waals surface area contributed by atoms with E-state index in [0.717, 1.165) is 12.8 Å². The summed E-state index contributed by atoms with van der Waals surface area (Å²) in [7, 11) is 0. The second-order valence-corrected chi connectivity index (χ2v) is 5.86. The zero-order valence-corrected chi connectivity index (χ0v) is 11.9.